The highest BCUT2D eigenvalue weighted by molar-refractivity contribution is 5.95. The zero-order valence-corrected chi connectivity index (χ0v) is 9.14. The lowest BCUT2D eigenvalue weighted by molar-refractivity contribution is 0.0697. The van der Waals surface area contributed by atoms with Crippen molar-refractivity contribution in [1.29, 1.82) is 0 Å². The van der Waals surface area contributed by atoms with Crippen molar-refractivity contribution < 1.29 is 14.3 Å². The fourth-order valence-electron chi connectivity index (χ4n) is 1.70. The molecule has 0 radical (unpaired) electrons. The highest BCUT2D eigenvalue weighted by atomic mass is 19.1. The zero-order chi connectivity index (χ0) is 12.4. The number of rotatable bonds is 2. The van der Waals surface area contributed by atoms with Crippen LogP contribution in [0.4, 0.5) is 4.39 Å². The van der Waals surface area contributed by atoms with Crippen molar-refractivity contribution in [3.05, 3.63) is 53.6 Å². The Balaban J connectivity index is 2.64. The van der Waals surface area contributed by atoms with E-state index < -0.39 is 5.97 Å². The highest BCUT2D eigenvalue weighted by Gasteiger charge is 2.12. The van der Waals surface area contributed by atoms with E-state index in [1.807, 2.05) is 0 Å². The zero-order valence-electron chi connectivity index (χ0n) is 9.14. The highest BCUT2D eigenvalue weighted by Crippen LogP contribution is 2.24. The van der Waals surface area contributed by atoms with Crippen LogP contribution in [-0.2, 0) is 0 Å². The number of hydrogen-bond acceptors (Lipinski definition) is 2. The van der Waals surface area contributed by atoms with Crippen molar-refractivity contribution >= 4 is 5.97 Å². The van der Waals surface area contributed by atoms with E-state index in [1.54, 1.807) is 13.0 Å². The van der Waals surface area contributed by atoms with E-state index in [1.165, 1.54) is 30.6 Å². The lowest BCUT2D eigenvalue weighted by atomic mass is 10.0. The molecule has 86 valence electrons. The van der Waals surface area contributed by atoms with Gasteiger partial charge in [0.2, 0.25) is 0 Å². The van der Waals surface area contributed by atoms with Crippen molar-refractivity contribution in [1.82, 2.24) is 4.98 Å². The third kappa shape index (κ3) is 2.30. The van der Waals surface area contributed by atoms with Gasteiger partial charge < -0.3 is 5.11 Å². The van der Waals surface area contributed by atoms with Crippen molar-refractivity contribution in [3.8, 4) is 11.1 Å². The Morgan fingerprint density at radius 1 is 1.35 bits per heavy atom. The van der Waals surface area contributed by atoms with Crippen LogP contribution in [0.5, 0.6) is 0 Å². The molecule has 1 heterocycles. The minimum Gasteiger partial charge on any atom is -0.478 e. The number of aryl methyl sites for hydroxylation is 1. The van der Waals surface area contributed by atoms with Gasteiger partial charge in [-0.15, -0.1) is 0 Å². The van der Waals surface area contributed by atoms with E-state index in [-0.39, 0.29) is 11.4 Å². The van der Waals surface area contributed by atoms with Crippen LogP contribution < -0.4 is 0 Å². The number of halogens is 1. The number of benzene rings is 1. The Labute approximate surface area is 97.6 Å². The van der Waals surface area contributed by atoms with Gasteiger partial charge in [0.25, 0.3) is 0 Å². The first kappa shape index (κ1) is 11.3. The number of carboxylic acids is 1. The maximum absolute atomic E-state index is 13.3. The van der Waals surface area contributed by atoms with E-state index in [2.05, 4.69) is 4.98 Å². The number of hydrogen-bond donors (Lipinski definition) is 1. The molecule has 0 spiro atoms. The second-order valence-corrected chi connectivity index (χ2v) is 3.74. The van der Waals surface area contributed by atoms with Crippen LogP contribution in [0.2, 0.25) is 0 Å². The van der Waals surface area contributed by atoms with E-state index in [0.717, 1.165) is 5.56 Å². The Hall–Kier alpha value is -2.23. The number of carbonyl (C=O) groups is 1. The van der Waals surface area contributed by atoms with Crippen LogP contribution in [0.1, 0.15) is 15.9 Å². The molecule has 1 aromatic heterocycles. The Kier molecular flexibility index (Phi) is 2.87. The van der Waals surface area contributed by atoms with Crippen LogP contribution >= 0.6 is 0 Å². The summed E-state index contributed by atoms with van der Waals surface area (Å²) >= 11 is 0. The molecule has 0 aliphatic heterocycles. The first-order valence-corrected chi connectivity index (χ1v) is 5.03. The third-order valence-electron chi connectivity index (χ3n) is 2.40. The summed E-state index contributed by atoms with van der Waals surface area (Å²) in [6.07, 6.45) is 2.83. The van der Waals surface area contributed by atoms with Crippen LogP contribution in [0.25, 0.3) is 11.1 Å². The van der Waals surface area contributed by atoms with E-state index in [4.69, 9.17) is 5.11 Å². The van der Waals surface area contributed by atoms with E-state index in [9.17, 15) is 9.18 Å². The van der Waals surface area contributed by atoms with Gasteiger partial charge in [-0.1, -0.05) is 6.07 Å². The molecule has 0 unspecified atom stereocenters. The SMILES string of the molecule is Cc1cc(F)cc(-c2cnccc2C(=O)O)c1. The van der Waals surface area contributed by atoms with Crippen LogP contribution in [0.15, 0.2) is 36.7 Å². The predicted molar refractivity (Wildman–Crippen MR) is 61.3 cm³/mol. The normalized spacial score (nSPS) is 10.2. The largest absolute Gasteiger partial charge is 0.478 e. The molecule has 1 aromatic carbocycles. The lowest BCUT2D eigenvalue weighted by Crippen LogP contribution is -2.00. The number of aromatic nitrogens is 1. The summed E-state index contributed by atoms with van der Waals surface area (Å²) in [4.78, 5) is 14.9. The minimum atomic E-state index is -1.05. The van der Waals surface area contributed by atoms with Gasteiger partial charge in [-0.05, 0) is 36.2 Å². The number of carboxylic acid groups (broad SMARTS) is 1. The van der Waals surface area contributed by atoms with Gasteiger partial charge in [-0.2, -0.15) is 0 Å². The minimum absolute atomic E-state index is 0.116. The topological polar surface area (TPSA) is 50.2 Å². The molecule has 2 aromatic rings. The van der Waals surface area contributed by atoms with E-state index in [0.29, 0.717) is 11.1 Å². The lowest BCUT2D eigenvalue weighted by Gasteiger charge is -2.06. The van der Waals surface area contributed by atoms with Crippen molar-refractivity contribution in [2.45, 2.75) is 6.92 Å². The molecule has 0 bridgehead atoms. The Morgan fingerprint density at radius 3 is 2.76 bits per heavy atom. The molecule has 2 rings (SSSR count). The van der Waals surface area contributed by atoms with Crippen molar-refractivity contribution in [3.63, 3.8) is 0 Å². The Bertz CT molecular complexity index is 561. The van der Waals surface area contributed by atoms with Gasteiger partial charge in [0.15, 0.2) is 0 Å². The molecule has 0 saturated carbocycles. The second kappa shape index (κ2) is 4.33. The fraction of sp³-hybridized carbons (Fsp3) is 0.0769. The molecule has 0 saturated heterocycles. The molecular weight excluding hydrogens is 221 g/mol. The maximum atomic E-state index is 13.3. The number of nitrogens with zero attached hydrogens (tertiary/aromatic N) is 1. The van der Waals surface area contributed by atoms with Gasteiger partial charge in [-0.3, -0.25) is 4.98 Å². The van der Waals surface area contributed by atoms with Crippen molar-refractivity contribution in [2.75, 3.05) is 0 Å². The molecule has 0 aliphatic carbocycles. The quantitative estimate of drug-likeness (QED) is 0.864. The predicted octanol–water partition coefficient (Wildman–Crippen LogP) is 2.89. The standard InChI is InChI=1S/C13H10FNO2/c1-8-4-9(6-10(14)5-8)12-7-15-3-2-11(12)13(16)17/h2-7H,1H3,(H,16,17). The molecule has 17 heavy (non-hydrogen) atoms. The Morgan fingerprint density at radius 2 is 2.12 bits per heavy atom. The maximum Gasteiger partial charge on any atom is 0.336 e. The van der Waals surface area contributed by atoms with Crippen molar-refractivity contribution in [2.24, 2.45) is 0 Å². The second-order valence-electron chi connectivity index (χ2n) is 3.74. The number of aromatic carboxylic acids is 1. The summed E-state index contributed by atoms with van der Waals surface area (Å²) in [5.41, 5.74) is 1.79. The average Bonchev–Trinajstić information content (AvgIpc) is 2.27. The summed E-state index contributed by atoms with van der Waals surface area (Å²) in [5.74, 6) is -1.44. The van der Waals surface area contributed by atoms with Gasteiger partial charge >= 0.3 is 5.97 Å². The molecule has 3 nitrogen and oxygen atoms in total. The van der Waals surface area contributed by atoms with Gasteiger partial charge in [0.05, 0.1) is 5.56 Å². The van der Waals surface area contributed by atoms with Gasteiger partial charge in [-0.25, -0.2) is 9.18 Å². The molecule has 1 N–H and O–H groups in total. The molecular formula is C13H10FNO2. The first-order valence-electron chi connectivity index (χ1n) is 5.03. The molecule has 0 aliphatic rings. The summed E-state index contributed by atoms with van der Waals surface area (Å²) < 4.78 is 13.3. The van der Waals surface area contributed by atoms with Crippen LogP contribution in [0, 0.1) is 12.7 Å². The summed E-state index contributed by atoms with van der Waals surface area (Å²) in [6, 6.07) is 5.82. The van der Waals surface area contributed by atoms with E-state index >= 15 is 0 Å². The molecule has 0 atom stereocenters. The average molecular weight is 231 g/mol. The number of pyridine rings is 1. The summed E-state index contributed by atoms with van der Waals surface area (Å²) in [7, 11) is 0. The van der Waals surface area contributed by atoms with Crippen LogP contribution in [-0.4, -0.2) is 16.1 Å². The molecule has 0 amide bonds. The fourth-order valence-corrected chi connectivity index (χ4v) is 1.70. The third-order valence-corrected chi connectivity index (χ3v) is 2.40. The summed E-state index contributed by atoms with van der Waals surface area (Å²) in [6.45, 7) is 1.75. The smallest absolute Gasteiger partial charge is 0.336 e. The summed E-state index contributed by atoms with van der Waals surface area (Å²) in [5, 5.41) is 9.04. The molecule has 4 heteroatoms. The van der Waals surface area contributed by atoms with Gasteiger partial charge in [0, 0.05) is 18.0 Å². The molecule has 0 fully saturated rings. The van der Waals surface area contributed by atoms with Crippen LogP contribution in [0.3, 0.4) is 0 Å². The first-order chi connectivity index (χ1) is 8.08. The van der Waals surface area contributed by atoms with Gasteiger partial charge in [0.1, 0.15) is 5.82 Å². The monoisotopic (exact) mass is 231 g/mol.